The summed E-state index contributed by atoms with van der Waals surface area (Å²) in [5, 5.41) is 3.24. The van der Waals surface area contributed by atoms with Crippen LogP contribution < -0.4 is 10.0 Å². The van der Waals surface area contributed by atoms with E-state index >= 15 is 0 Å². The van der Waals surface area contributed by atoms with Crippen molar-refractivity contribution in [1.82, 2.24) is 10.0 Å². The molecule has 1 rings (SSSR count). The van der Waals surface area contributed by atoms with E-state index < -0.39 is 10.0 Å². The summed E-state index contributed by atoms with van der Waals surface area (Å²) in [5.41, 5.74) is 0. The Morgan fingerprint density at radius 1 is 1.41 bits per heavy atom. The molecule has 1 fully saturated rings. The molecule has 6 heteroatoms. The van der Waals surface area contributed by atoms with Gasteiger partial charge in [-0.3, -0.25) is 0 Å². The zero-order chi connectivity index (χ0) is 12.7. The molecule has 2 N–H and O–H groups in total. The normalized spacial score (nSPS) is 20.4. The number of hydrogen-bond acceptors (Lipinski definition) is 4. The Labute approximate surface area is 104 Å². The molecule has 17 heavy (non-hydrogen) atoms. The smallest absolute Gasteiger partial charge is 0.212 e. The summed E-state index contributed by atoms with van der Waals surface area (Å²) in [6, 6.07) is -0.105. The molecule has 0 aromatic rings. The molecule has 0 aromatic heterocycles. The molecule has 102 valence electrons. The van der Waals surface area contributed by atoms with Gasteiger partial charge in [0.2, 0.25) is 10.0 Å². The standard InChI is InChI=1S/C11H24N2O3S/c1-3-11(8-16-2)13-17(14,15)9-10-4-6-12-7-5-10/h10-13H,3-9H2,1-2H3. The summed E-state index contributed by atoms with van der Waals surface area (Å²) in [6.45, 7) is 4.24. The van der Waals surface area contributed by atoms with Gasteiger partial charge in [-0.25, -0.2) is 13.1 Å². The number of ether oxygens (including phenoxy) is 1. The summed E-state index contributed by atoms with van der Waals surface area (Å²) >= 11 is 0. The van der Waals surface area contributed by atoms with Gasteiger partial charge in [0.15, 0.2) is 0 Å². The fourth-order valence-corrected chi connectivity index (χ4v) is 3.89. The van der Waals surface area contributed by atoms with E-state index in [-0.39, 0.29) is 17.7 Å². The number of nitrogens with one attached hydrogen (secondary N) is 2. The Morgan fingerprint density at radius 2 is 2.06 bits per heavy atom. The average Bonchev–Trinajstić information content (AvgIpc) is 2.29. The largest absolute Gasteiger partial charge is 0.383 e. The third-order valence-electron chi connectivity index (χ3n) is 3.12. The monoisotopic (exact) mass is 264 g/mol. The van der Waals surface area contributed by atoms with Crippen molar-refractivity contribution in [3.63, 3.8) is 0 Å². The molecule has 1 aliphatic heterocycles. The molecular formula is C11H24N2O3S. The van der Waals surface area contributed by atoms with Gasteiger partial charge in [-0.2, -0.15) is 0 Å². The second kappa shape index (κ2) is 7.31. The van der Waals surface area contributed by atoms with Crippen molar-refractivity contribution in [1.29, 1.82) is 0 Å². The Morgan fingerprint density at radius 3 is 2.59 bits per heavy atom. The third kappa shape index (κ3) is 5.81. The first-order chi connectivity index (χ1) is 8.07. The summed E-state index contributed by atoms with van der Waals surface area (Å²) in [6.07, 6.45) is 2.64. The molecule has 1 unspecified atom stereocenters. The maximum atomic E-state index is 12.0. The van der Waals surface area contributed by atoms with Gasteiger partial charge < -0.3 is 10.1 Å². The molecule has 1 saturated heterocycles. The average molecular weight is 264 g/mol. The molecule has 0 aliphatic carbocycles. The summed E-state index contributed by atoms with van der Waals surface area (Å²) in [4.78, 5) is 0. The van der Waals surface area contributed by atoms with Crippen molar-refractivity contribution in [2.75, 3.05) is 32.6 Å². The fourth-order valence-electron chi connectivity index (χ4n) is 2.10. The van der Waals surface area contributed by atoms with Gasteiger partial charge in [-0.1, -0.05) is 6.92 Å². The zero-order valence-electron chi connectivity index (χ0n) is 10.7. The van der Waals surface area contributed by atoms with Gasteiger partial charge in [0.05, 0.1) is 12.4 Å². The molecule has 0 bridgehead atoms. The first kappa shape index (κ1) is 14.9. The fraction of sp³-hybridized carbons (Fsp3) is 1.00. The maximum Gasteiger partial charge on any atom is 0.212 e. The molecule has 0 radical (unpaired) electrons. The van der Waals surface area contributed by atoms with Crippen LogP contribution in [0.5, 0.6) is 0 Å². The van der Waals surface area contributed by atoms with E-state index in [1.807, 2.05) is 6.92 Å². The minimum Gasteiger partial charge on any atom is -0.383 e. The molecule has 0 amide bonds. The van der Waals surface area contributed by atoms with Crippen molar-refractivity contribution in [3.05, 3.63) is 0 Å². The first-order valence-electron chi connectivity index (χ1n) is 6.27. The second-order valence-electron chi connectivity index (χ2n) is 4.65. The molecule has 0 aromatic carbocycles. The Balaban J connectivity index is 2.43. The van der Waals surface area contributed by atoms with Crippen LogP contribution in [0.2, 0.25) is 0 Å². The minimum absolute atomic E-state index is 0.105. The van der Waals surface area contributed by atoms with Crippen molar-refractivity contribution >= 4 is 10.0 Å². The van der Waals surface area contributed by atoms with E-state index in [2.05, 4.69) is 10.0 Å². The van der Waals surface area contributed by atoms with Crippen molar-refractivity contribution in [3.8, 4) is 0 Å². The second-order valence-corrected chi connectivity index (χ2v) is 6.45. The van der Waals surface area contributed by atoms with E-state index in [1.165, 1.54) is 0 Å². The molecular weight excluding hydrogens is 240 g/mol. The van der Waals surface area contributed by atoms with Crippen LogP contribution in [-0.4, -0.2) is 47.0 Å². The van der Waals surface area contributed by atoms with Gasteiger partial charge in [-0.05, 0) is 38.3 Å². The van der Waals surface area contributed by atoms with Crippen LogP contribution in [0.25, 0.3) is 0 Å². The van der Waals surface area contributed by atoms with Gasteiger partial charge in [0.1, 0.15) is 0 Å². The van der Waals surface area contributed by atoms with Crippen LogP contribution in [0.3, 0.4) is 0 Å². The molecule has 0 spiro atoms. The predicted octanol–water partition coefficient (Wildman–Crippen LogP) is 0.330. The zero-order valence-corrected chi connectivity index (χ0v) is 11.6. The molecule has 1 aliphatic rings. The van der Waals surface area contributed by atoms with Crippen LogP contribution in [0.4, 0.5) is 0 Å². The number of rotatable bonds is 7. The summed E-state index contributed by atoms with van der Waals surface area (Å²) < 4.78 is 31.6. The van der Waals surface area contributed by atoms with Crippen LogP contribution >= 0.6 is 0 Å². The SMILES string of the molecule is CCC(COC)NS(=O)(=O)CC1CCNCC1. The number of hydrogen-bond donors (Lipinski definition) is 2. The van der Waals surface area contributed by atoms with E-state index in [1.54, 1.807) is 7.11 Å². The summed E-state index contributed by atoms with van der Waals surface area (Å²) in [7, 11) is -1.59. The Hall–Kier alpha value is -0.170. The molecule has 1 heterocycles. The highest BCUT2D eigenvalue weighted by molar-refractivity contribution is 7.89. The van der Waals surface area contributed by atoms with Gasteiger partial charge in [-0.15, -0.1) is 0 Å². The molecule has 0 saturated carbocycles. The highest BCUT2D eigenvalue weighted by atomic mass is 32.2. The lowest BCUT2D eigenvalue weighted by molar-refractivity contribution is 0.173. The van der Waals surface area contributed by atoms with E-state index in [4.69, 9.17) is 4.74 Å². The van der Waals surface area contributed by atoms with Crippen LogP contribution in [-0.2, 0) is 14.8 Å². The highest BCUT2D eigenvalue weighted by Crippen LogP contribution is 2.14. The highest BCUT2D eigenvalue weighted by Gasteiger charge is 2.23. The quantitative estimate of drug-likeness (QED) is 0.695. The predicted molar refractivity (Wildman–Crippen MR) is 68.5 cm³/mol. The van der Waals surface area contributed by atoms with Crippen molar-refractivity contribution in [2.24, 2.45) is 5.92 Å². The number of sulfonamides is 1. The molecule has 5 nitrogen and oxygen atoms in total. The third-order valence-corrected chi connectivity index (χ3v) is 4.72. The van der Waals surface area contributed by atoms with E-state index in [0.29, 0.717) is 6.61 Å². The minimum atomic E-state index is -3.17. The summed E-state index contributed by atoms with van der Waals surface area (Å²) in [5.74, 6) is 0.531. The van der Waals surface area contributed by atoms with Gasteiger partial charge in [0, 0.05) is 13.2 Å². The Bertz CT molecular complexity index is 287. The van der Waals surface area contributed by atoms with Gasteiger partial charge >= 0.3 is 0 Å². The van der Waals surface area contributed by atoms with Gasteiger partial charge in [0.25, 0.3) is 0 Å². The van der Waals surface area contributed by atoms with Crippen molar-refractivity contribution < 1.29 is 13.2 Å². The molecule has 1 atom stereocenters. The first-order valence-corrected chi connectivity index (χ1v) is 7.92. The lowest BCUT2D eigenvalue weighted by Crippen LogP contribution is -2.41. The number of methoxy groups -OCH3 is 1. The topological polar surface area (TPSA) is 67.4 Å². The van der Waals surface area contributed by atoms with Crippen LogP contribution in [0.1, 0.15) is 26.2 Å². The lowest BCUT2D eigenvalue weighted by Gasteiger charge is -2.24. The van der Waals surface area contributed by atoms with Crippen LogP contribution in [0, 0.1) is 5.92 Å². The van der Waals surface area contributed by atoms with E-state index in [9.17, 15) is 8.42 Å². The van der Waals surface area contributed by atoms with Crippen molar-refractivity contribution in [2.45, 2.75) is 32.2 Å². The Kier molecular flexibility index (Phi) is 6.40. The number of piperidine rings is 1. The van der Waals surface area contributed by atoms with E-state index in [0.717, 1.165) is 32.4 Å². The van der Waals surface area contributed by atoms with Crippen LogP contribution in [0.15, 0.2) is 0 Å². The maximum absolute atomic E-state index is 12.0. The lowest BCUT2D eigenvalue weighted by atomic mass is 10.0.